The minimum Gasteiger partial charge on any atom is -0.384 e. The first-order chi connectivity index (χ1) is 6.15. The lowest BCUT2D eigenvalue weighted by atomic mass is 10.1. The fourth-order valence-electron chi connectivity index (χ4n) is 1.03. The van der Waals surface area contributed by atoms with Crippen molar-refractivity contribution in [1.29, 1.82) is 5.41 Å². The van der Waals surface area contributed by atoms with Crippen molar-refractivity contribution in [2.24, 2.45) is 11.5 Å². The van der Waals surface area contributed by atoms with Gasteiger partial charge in [-0.2, -0.15) is 0 Å². The quantitative estimate of drug-likeness (QED) is 0.479. The van der Waals surface area contributed by atoms with Gasteiger partial charge in [0.1, 0.15) is 12.5 Å². The van der Waals surface area contributed by atoms with E-state index in [-0.39, 0.29) is 5.84 Å². The number of hydrogen-bond donors (Lipinski definition) is 3. The highest BCUT2D eigenvalue weighted by molar-refractivity contribution is 5.95. The van der Waals surface area contributed by atoms with E-state index in [1.165, 1.54) is 0 Å². The summed E-state index contributed by atoms with van der Waals surface area (Å²) in [5.74, 6) is -0.0343. The maximum atomic E-state index is 12.2. The van der Waals surface area contributed by atoms with Gasteiger partial charge in [-0.05, 0) is 11.6 Å². The third-order valence-corrected chi connectivity index (χ3v) is 1.79. The summed E-state index contributed by atoms with van der Waals surface area (Å²) in [5, 5.41) is 7.17. The van der Waals surface area contributed by atoms with Crippen LogP contribution >= 0.6 is 0 Å². The number of hydrogen-bond acceptors (Lipinski definition) is 2. The molecule has 0 saturated carbocycles. The zero-order valence-electron chi connectivity index (χ0n) is 7.13. The normalized spacial score (nSPS) is 12.5. The van der Waals surface area contributed by atoms with Gasteiger partial charge in [-0.3, -0.25) is 5.41 Å². The van der Waals surface area contributed by atoms with Gasteiger partial charge in [0.05, 0.1) is 6.04 Å². The number of nitrogens with two attached hydrogens (primary N) is 2. The van der Waals surface area contributed by atoms with Crippen LogP contribution in [0.25, 0.3) is 0 Å². The van der Waals surface area contributed by atoms with Crippen LogP contribution in [0.5, 0.6) is 0 Å². The van der Waals surface area contributed by atoms with E-state index in [0.717, 1.165) is 0 Å². The number of amidine groups is 1. The molecule has 1 unspecified atom stereocenters. The molecule has 0 saturated heterocycles. The molecule has 5 N–H and O–H groups in total. The van der Waals surface area contributed by atoms with Crippen molar-refractivity contribution in [3.05, 3.63) is 35.4 Å². The SMILES string of the molecule is N=C(N)c1cccc(C(N)CF)c1. The molecular formula is C9H12FN3. The highest BCUT2D eigenvalue weighted by Gasteiger charge is 2.06. The minimum atomic E-state index is -0.626. The van der Waals surface area contributed by atoms with E-state index in [4.69, 9.17) is 16.9 Å². The van der Waals surface area contributed by atoms with Crippen LogP contribution in [0.15, 0.2) is 24.3 Å². The van der Waals surface area contributed by atoms with Crippen molar-refractivity contribution in [1.82, 2.24) is 0 Å². The Morgan fingerprint density at radius 3 is 2.77 bits per heavy atom. The van der Waals surface area contributed by atoms with Crippen LogP contribution in [0.1, 0.15) is 17.2 Å². The summed E-state index contributed by atoms with van der Waals surface area (Å²) in [6.45, 7) is -0.610. The molecule has 1 rings (SSSR count). The Balaban J connectivity index is 2.98. The summed E-state index contributed by atoms with van der Waals surface area (Å²) in [6.07, 6.45) is 0. The summed E-state index contributed by atoms with van der Waals surface area (Å²) >= 11 is 0. The smallest absolute Gasteiger partial charge is 0.122 e. The average molecular weight is 181 g/mol. The minimum absolute atomic E-state index is 0.0343. The Bertz CT molecular complexity index is 311. The van der Waals surface area contributed by atoms with Crippen molar-refractivity contribution in [2.45, 2.75) is 6.04 Å². The molecule has 0 bridgehead atoms. The number of benzene rings is 1. The molecule has 0 aliphatic carbocycles. The van der Waals surface area contributed by atoms with Crippen LogP contribution in [-0.2, 0) is 0 Å². The van der Waals surface area contributed by atoms with Crippen LogP contribution in [0, 0.1) is 5.41 Å². The first-order valence-corrected chi connectivity index (χ1v) is 3.91. The van der Waals surface area contributed by atoms with Gasteiger partial charge < -0.3 is 11.5 Å². The van der Waals surface area contributed by atoms with Crippen molar-refractivity contribution in [3.8, 4) is 0 Å². The van der Waals surface area contributed by atoms with Crippen LogP contribution in [-0.4, -0.2) is 12.5 Å². The lowest BCUT2D eigenvalue weighted by molar-refractivity contribution is 0.437. The lowest BCUT2D eigenvalue weighted by Crippen LogP contribution is -2.15. The summed E-state index contributed by atoms with van der Waals surface area (Å²) in [4.78, 5) is 0. The number of rotatable bonds is 3. The van der Waals surface area contributed by atoms with Crippen LogP contribution < -0.4 is 11.5 Å². The van der Waals surface area contributed by atoms with Gasteiger partial charge in [0.15, 0.2) is 0 Å². The van der Waals surface area contributed by atoms with Gasteiger partial charge in [-0.15, -0.1) is 0 Å². The number of alkyl halides is 1. The first kappa shape index (κ1) is 9.67. The Hall–Kier alpha value is -1.42. The topological polar surface area (TPSA) is 75.9 Å². The first-order valence-electron chi connectivity index (χ1n) is 3.91. The molecule has 4 heteroatoms. The van der Waals surface area contributed by atoms with Crippen molar-refractivity contribution >= 4 is 5.84 Å². The van der Waals surface area contributed by atoms with Crippen molar-refractivity contribution < 1.29 is 4.39 Å². The maximum absolute atomic E-state index is 12.2. The molecule has 0 aliphatic heterocycles. The Kier molecular flexibility index (Phi) is 2.97. The molecule has 0 aliphatic rings. The van der Waals surface area contributed by atoms with E-state index < -0.39 is 12.7 Å². The number of nitrogen functional groups attached to an aromatic ring is 1. The molecular weight excluding hydrogens is 169 g/mol. The van der Waals surface area contributed by atoms with Gasteiger partial charge in [-0.1, -0.05) is 18.2 Å². The number of nitrogens with one attached hydrogen (secondary N) is 1. The molecule has 0 fully saturated rings. The molecule has 0 heterocycles. The standard InChI is InChI=1S/C9H12FN3/c10-5-8(11)6-2-1-3-7(4-6)9(12)13/h1-4,8H,5,11H2,(H3,12,13). The molecule has 1 aromatic rings. The Morgan fingerprint density at radius 1 is 1.54 bits per heavy atom. The molecule has 0 radical (unpaired) electrons. The van der Waals surface area contributed by atoms with Gasteiger partial charge in [0.2, 0.25) is 0 Å². The molecule has 0 spiro atoms. The molecule has 1 atom stereocenters. The largest absolute Gasteiger partial charge is 0.384 e. The Labute approximate surface area is 76.1 Å². The summed E-state index contributed by atoms with van der Waals surface area (Å²) in [5.41, 5.74) is 12.0. The molecule has 1 aromatic carbocycles. The predicted octanol–water partition coefficient (Wildman–Crippen LogP) is 0.940. The Morgan fingerprint density at radius 2 is 2.23 bits per heavy atom. The van der Waals surface area contributed by atoms with Gasteiger partial charge in [0.25, 0.3) is 0 Å². The van der Waals surface area contributed by atoms with Crippen LogP contribution in [0.2, 0.25) is 0 Å². The lowest BCUT2D eigenvalue weighted by Gasteiger charge is -2.08. The summed E-state index contributed by atoms with van der Waals surface area (Å²) in [7, 11) is 0. The molecule has 70 valence electrons. The zero-order chi connectivity index (χ0) is 9.84. The molecule has 0 amide bonds. The van der Waals surface area contributed by atoms with Gasteiger partial charge in [0, 0.05) is 5.56 Å². The summed E-state index contributed by atoms with van der Waals surface area (Å²) in [6, 6.07) is 6.13. The average Bonchev–Trinajstić information content (AvgIpc) is 2.17. The highest BCUT2D eigenvalue weighted by atomic mass is 19.1. The maximum Gasteiger partial charge on any atom is 0.122 e. The fourth-order valence-corrected chi connectivity index (χ4v) is 1.03. The van der Waals surface area contributed by atoms with Crippen LogP contribution in [0.4, 0.5) is 4.39 Å². The second kappa shape index (κ2) is 4.00. The van der Waals surface area contributed by atoms with Crippen LogP contribution in [0.3, 0.4) is 0 Å². The van der Waals surface area contributed by atoms with Gasteiger partial charge in [-0.25, -0.2) is 4.39 Å². The van der Waals surface area contributed by atoms with E-state index in [1.807, 2.05) is 0 Å². The molecule has 0 aromatic heterocycles. The third-order valence-electron chi connectivity index (χ3n) is 1.79. The van der Waals surface area contributed by atoms with E-state index in [2.05, 4.69) is 0 Å². The van der Waals surface area contributed by atoms with E-state index in [0.29, 0.717) is 11.1 Å². The van der Waals surface area contributed by atoms with E-state index in [1.54, 1.807) is 24.3 Å². The monoisotopic (exact) mass is 181 g/mol. The zero-order valence-corrected chi connectivity index (χ0v) is 7.13. The predicted molar refractivity (Wildman–Crippen MR) is 50.4 cm³/mol. The van der Waals surface area contributed by atoms with Crippen molar-refractivity contribution in [2.75, 3.05) is 6.67 Å². The fraction of sp³-hybridized carbons (Fsp3) is 0.222. The van der Waals surface area contributed by atoms with Crippen molar-refractivity contribution in [3.63, 3.8) is 0 Å². The molecule has 3 nitrogen and oxygen atoms in total. The van der Waals surface area contributed by atoms with Gasteiger partial charge >= 0.3 is 0 Å². The van der Waals surface area contributed by atoms with E-state index >= 15 is 0 Å². The third kappa shape index (κ3) is 2.26. The molecule has 13 heavy (non-hydrogen) atoms. The highest BCUT2D eigenvalue weighted by Crippen LogP contribution is 2.12. The van der Waals surface area contributed by atoms with E-state index in [9.17, 15) is 4.39 Å². The second-order valence-corrected chi connectivity index (χ2v) is 2.80. The number of halogens is 1. The second-order valence-electron chi connectivity index (χ2n) is 2.80. The summed E-state index contributed by atoms with van der Waals surface area (Å²) < 4.78 is 12.2.